The van der Waals surface area contributed by atoms with Crippen molar-refractivity contribution >= 4 is 17.4 Å². The Kier molecular flexibility index (Phi) is 7.60. The highest BCUT2D eigenvalue weighted by Crippen LogP contribution is 2.12. The first-order valence-corrected chi connectivity index (χ1v) is 5.73. The van der Waals surface area contributed by atoms with Gasteiger partial charge in [0.1, 0.15) is 5.01 Å². The van der Waals surface area contributed by atoms with E-state index in [1.165, 1.54) is 11.3 Å². The van der Waals surface area contributed by atoms with Crippen LogP contribution in [0, 0.1) is 6.92 Å². The number of nitrogens with zero attached hydrogens (tertiary/aromatic N) is 1. The molecule has 0 unspecified atom stereocenters. The van der Waals surface area contributed by atoms with E-state index in [9.17, 15) is 0 Å². The zero-order valence-electron chi connectivity index (χ0n) is 9.00. The molecule has 0 aromatic carbocycles. The average molecular weight is 197 g/mol. The van der Waals surface area contributed by atoms with Crippen LogP contribution >= 0.6 is 11.3 Å². The molecule has 0 saturated carbocycles. The molecule has 1 aromatic rings. The van der Waals surface area contributed by atoms with Crippen molar-refractivity contribution in [3.63, 3.8) is 0 Å². The van der Waals surface area contributed by atoms with Gasteiger partial charge in [-0.05, 0) is 19.4 Å². The third-order valence-corrected chi connectivity index (χ3v) is 2.23. The van der Waals surface area contributed by atoms with E-state index in [0.717, 1.165) is 11.4 Å². The fraction of sp³-hybridized carbons (Fsp3) is 0.545. The van der Waals surface area contributed by atoms with E-state index in [-0.39, 0.29) is 0 Å². The molecule has 0 atom stereocenters. The number of aryl methyl sites for hydroxylation is 1. The Bertz CT molecular complexity index is 238. The molecule has 1 nitrogen and oxygen atoms in total. The molecule has 1 aromatic heterocycles. The molecular weight excluding hydrogens is 178 g/mol. The quantitative estimate of drug-likeness (QED) is 0.704. The first kappa shape index (κ1) is 12.4. The smallest absolute Gasteiger partial charge is 0.115 e. The van der Waals surface area contributed by atoms with Crippen LogP contribution in [0.15, 0.2) is 12.3 Å². The minimum atomic E-state index is 1.12. The van der Waals surface area contributed by atoms with E-state index < -0.39 is 0 Å². The number of unbranched alkanes of at least 4 members (excludes halogenated alkanes) is 1. The Labute approximate surface area is 85.5 Å². The van der Waals surface area contributed by atoms with Gasteiger partial charge in [0, 0.05) is 11.1 Å². The van der Waals surface area contributed by atoms with E-state index in [2.05, 4.69) is 31.0 Å². The SMILES string of the molecule is CC.CCC/C=C/c1ncc(C)s1. The lowest BCUT2D eigenvalue weighted by atomic mass is 10.3. The van der Waals surface area contributed by atoms with Crippen molar-refractivity contribution in [3.05, 3.63) is 22.2 Å². The van der Waals surface area contributed by atoms with Gasteiger partial charge in [-0.1, -0.05) is 33.3 Å². The molecule has 1 heterocycles. The molecule has 0 aliphatic rings. The van der Waals surface area contributed by atoms with E-state index in [1.807, 2.05) is 20.0 Å². The second-order valence-corrected chi connectivity index (χ2v) is 3.77. The van der Waals surface area contributed by atoms with Crippen LogP contribution in [0.4, 0.5) is 0 Å². The summed E-state index contributed by atoms with van der Waals surface area (Å²) in [6.07, 6.45) is 8.55. The number of hydrogen-bond acceptors (Lipinski definition) is 2. The van der Waals surface area contributed by atoms with Gasteiger partial charge in [0.15, 0.2) is 0 Å². The van der Waals surface area contributed by atoms with Crippen molar-refractivity contribution in [2.45, 2.75) is 40.5 Å². The summed E-state index contributed by atoms with van der Waals surface area (Å²) in [5.74, 6) is 0. The van der Waals surface area contributed by atoms with Crippen molar-refractivity contribution in [2.75, 3.05) is 0 Å². The molecule has 0 spiro atoms. The Hall–Kier alpha value is -0.630. The highest BCUT2D eigenvalue weighted by molar-refractivity contribution is 7.12. The third-order valence-electron chi connectivity index (χ3n) is 1.35. The molecule has 0 bridgehead atoms. The fourth-order valence-corrected chi connectivity index (χ4v) is 1.51. The summed E-state index contributed by atoms with van der Waals surface area (Å²) in [5, 5.41) is 1.12. The third kappa shape index (κ3) is 5.58. The van der Waals surface area contributed by atoms with E-state index in [1.54, 1.807) is 11.3 Å². The second-order valence-electron chi connectivity index (χ2n) is 2.50. The average Bonchev–Trinajstić information content (AvgIpc) is 2.56. The lowest BCUT2D eigenvalue weighted by Crippen LogP contribution is -1.65. The van der Waals surface area contributed by atoms with Crippen molar-refractivity contribution in [2.24, 2.45) is 0 Å². The van der Waals surface area contributed by atoms with Crippen LogP contribution in [0.2, 0.25) is 0 Å². The molecule has 0 saturated heterocycles. The molecule has 0 amide bonds. The summed E-state index contributed by atoms with van der Waals surface area (Å²) in [4.78, 5) is 5.50. The highest BCUT2D eigenvalue weighted by Gasteiger charge is 1.90. The Morgan fingerprint density at radius 1 is 1.46 bits per heavy atom. The van der Waals surface area contributed by atoms with Gasteiger partial charge in [-0.25, -0.2) is 4.98 Å². The van der Waals surface area contributed by atoms with E-state index >= 15 is 0 Å². The summed E-state index contributed by atoms with van der Waals surface area (Å²) >= 11 is 1.74. The molecule has 0 aliphatic heterocycles. The van der Waals surface area contributed by atoms with Crippen molar-refractivity contribution in [3.8, 4) is 0 Å². The van der Waals surface area contributed by atoms with Crippen LogP contribution in [0.1, 0.15) is 43.5 Å². The predicted octanol–water partition coefficient (Wildman–Crippen LogP) is 4.29. The molecular formula is C11H19NS. The van der Waals surface area contributed by atoms with Crippen LogP contribution in [0.5, 0.6) is 0 Å². The monoisotopic (exact) mass is 197 g/mol. The molecule has 74 valence electrons. The van der Waals surface area contributed by atoms with Gasteiger partial charge in [-0.15, -0.1) is 11.3 Å². The molecule has 2 heteroatoms. The number of thiazole rings is 1. The number of hydrogen-bond donors (Lipinski definition) is 0. The minimum Gasteiger partial charge on any atom is -0.245 e. The van der Waals surface area contributed by atoms with Gasteiger partial charge < -0.3 is 0 Å². The largest absolute Gasteiger partial charge is 0.245 e. The zero-order valence-corrected chi connectivity index (χ0v) is 9.82. The summed E-state index contributed by atoms with van der Waals surface area (Å²) in [6.45, 7) is 8.26. The van der Waals surface area contributed by atoms with Gasteiger partial charge in [0.25, 0.3) is 0 Å². The van der Waals surface area contributed by atoms with Crippen molar-refractivity contribution in [1.82, 2.24) is 4.98 Å². The zero-order chi connectivity index (χ0) is 10.1. The number of rotatable bonds is 3. The van der Waals surface area contributed by atoms with Gasteiger partial charge in [0.2, 0.25) is 0 Å². The standard InChI is InChI=1S/C9H13NS.C2H6/c1-3-4-5-6-9-10-7-8(2)11-9;1-2/h5-7H,3-4H2,1-2H3;1-2H3/b6-5+;. The maximum Gasteiger partial charge on any atom is 0.115 e. The van der Waals surface area contributed by atoms with Gasteiger partial charge in [-0.2, -0.15) is 0 Å². The maximum absolute atomic E-state index is 4.22. The minimum absolute atomic E-state index is 1.12. The Morgan fingerprint density at radius 2 is 2.15 bits per heavy atom. The predicted molar refractivity (Wildman–Crippen MR) is 62.1 cm³/mol. The first-order chi connectivity index (χ1) is 6.33. The lowest BCUT2D eigenvalue weighted by Gasteiger charge is -1.82. The second kappa shape index (κ2) is 7.99. The Balaban J connectivity index is 0.000000671. The lowest BCUT2D eigenvalue weighted by molar-refractivity contribution is 0.962. The van der Waals surface area contributed by atoms with Crippen LogP contribution in [0.25, 0.3) is 6.08 Å². The van der Waals surface area contributed by atoms with Crippen LogP contribution in [-0.2, 0) is 0 Å². The van der Waals surface area contributed by atoms with E-state index in [4.69, 9.17) is 0 Å². The topological polar surface area (TPSA) is 12.9 Å². The van der Waals surface area contributed by atoms with Crippen LogP contribution in [0.3, 0.4) is 0 Å². The van der Waals surface area contributed by atoms with Crippen LogP contribution < -0.4 is 0 Å². The summed E-state index contributed by atoms with van der Waals surface area (Å²) in [7, 11) is 0. The maximum atomic E-state index is 4.22. The van der Waals surface area contributed by atoms with Gasteiger partial charge >= 0.3 is 0 Å². The van der Waals surface area contributed by atoms with E-state index in [0.29, 0.717) is 0 Å². The normalized spacial score (nSPS) is 9.85. The van der Waals surface area contributed by atoms with Crippen molar-refractivity contribution < 1.29 is 0 Å². The first-order valence-electron chi connectivity index (χ1n) is 4.92. The van der Waals surface area contributed by atoms with Crippen molar-refractivity contribution in [1.29, 1.82) is 0 Å². The molecule has 0 fully saturated rings. The molecule has 0 aliphatic carbocycles. The molecule has 13 heavy (non-hydrogen) atoms. The number of allylic oxidation sites excluding steroid dienone is 1. The summed E-state index contributed by atoms with van der Waals surface area (Å²) in [5.41, 5.74) is 0. The Morgan fingerprint density at radius 3 is 2.62 bits per heavy atom. The molecule has 0 radical (unpaired) electrons. The fourth-order valence-electron chi connectivity index (χ4n) is 0.800. The number of aromatic nitrogens is 1. The van der Waals surface area contributed by atoms with Crippen LogP contribution in [-0.4, -0.2) is 4.98 Å². The van der Waals surface area contributed by atoms with Gasteiger partial charge in [0.05, 0.1) is 0 Å². The molecule has 0 N–H and O–H groups in total. The highest BCUT2D eigenvalue weighted by atomic mass is 32.1. The summed E-state index contributed by atoms with van der Waals surface area (Å²) < 4.78 is 0. The summed E-state index contributed by atoms with van der Waals surface area (Å²) in [6, 6.07) is 0. The molecule has 1 rings (SSSR count). The van der Waals surface area contributed by atoms with Gasteiger partial charge in [-0.3, -0.25) is 0 Å².